The molecule has 0 spiro atoms. The van der Waals surface area contributed by atoms with Crippen molar-refractivity contribution >= 4 is 16.9 Å². The zero-order valence-electron chi connectivity index (χ0n) is 10.9. The summed E-state index contributed by atoms with van der Waals surface area (Å²) in [7, 11) is 0. The Kier molecular flexibility index (Phi) is 3.03. The van der Waals surface area contributed by atoms with E-state index in [0.717, 1.165) is 29.7 Å². The van der Waals surface area contributed by atoms with Crippen LogP contribution in [0.3, 0.4) is 0 Å². The fourth-order valence-electron chi connectivity index (χ4n) is 2.92. The van der Waals surface area contributed by atoms with E-state index in [1.54, 1.807) is 0 Å². The number of aliphatic carboxylic acids is 1. The Balaban J connectivity index is 1.82. The quantitative estimate of drug-likeness (QED) is 0.920. The number of para-hydroxylation sites is 1. The largest absolute Gasteiger partial charge is 0.480 e. The molecule has 1 aliphatic heterocycles. The highest BCUT2D eigenvalue weighted by Crippen LogP contribution is 2.27. The van der Waals surface area contributed by atoms with Gasteiger partial charge in [0.1, 0.15) is 17.4 Å². The van der Waals surface area contributed by atoms with Crippen LogP contribution in [-0.4, -0.2) is 28.6 Å². The summed E-state index contributed by atoms with van der Waals surface area (Å²) in [6.45, 7) is 3.38. The van der Waals surface area contributed by atoms with Crippen molar-refractivity contribution in [2.45, 2.75) is 25.9 Å². The first-order chi connectivity index (χ1) is 9.15. The number of nitrogens with zero attached hydrogens (tertiary/aromatic N) is 1. The third kappa shape index (κ3) is 2.24. The lowest BCUT2D eigenvalue weighted by atomic mass is 10.0. The summed E-state index contributed by atoms with van der Waals surface area (Å²) in [5, 5.41) is 10.4. The summed E-state index contributed by atoms with van der Waals surface area (Å²) in [5.41, 5.74) is 0.858. The zero-order chi connectivity index (χ0) is 13.4. The molecule has 2 unspecified atom stereocenters. The lowest BCUT2D eigenvalue weighted by Gasteiger charge is -2.21. The zero-order valence-corrected chi connectivity index (χ0v) is 10.9. The van der Waals surface area contributed by atoms with Crippen LogP contribution in [0.1, 0.15) is 19.1 Å². The van der Waals surface area contributed by atoms with Gasteiger partial charge in [-0.05, 0) is 31.0 Å². The Labute approximate surface area is 111 Å². The Morgan fingerprint density at radius 2 is 2.26 bits per heavy atom. The molecule has 100 valence electrons. The molecule has 2 aromatic rings. The van der Waals surface area contributed by atoms with E-state index >= 15 is 0 Å². The maximum Gasteiger partial charge on any atom is 0.321 e. The summed E-state index contributed by atoms with van der Waals surface area (Å²) in [6.07, 6.45) is 0.928. The number of hydrogen-bond acceptors (Lipinski definition) is 3. The van der Waals surface area contributed by atoms with Gasteiger partial charge in [-0.3, -0.25) is 9.69 Å². The monoisotopic (exact) mass is 259 g/mol. The van der Waals surface area contributed by atoms with Crippen LogP contribution in [0.4, 0.5) is 0 Å². The molecule has 1 fully saturated rings. The van der Waals surface area contributed by atoms with Gasteiger partial charge in [0.2, 0.25) is 0 Å². The molecule has 1 saturated heterocycles. The Morgan fingerprint density at radius 3 is 3.00 bits per heavy atom. The minimum Gasteiger partial charge on any atom is -0.480 e. The van der Waals surface area contributed by atoms with Crippen LogP contribution in [0.5, 0.6) is 0 Å². The molecule has 2 heterocycles. The van der Waals surface area contributed by atoms with Gasteiger partial charge in [0.05, 0.1) is 6.54 Å². The van der Waals surface area contributed by atoms with E-state index < -0.39 is 12.0 Å². The number of furan rings is 1. The Morgan fingerprint density at radius 1 is 1.47 bits per heavy atom. The first-order valence-corrected chi connectivity index (χ1v) is 6.59. The van der Waals surface area contributed by atoms with Crippen molar-refractivity contribution in [3.05, 3.63) is 36.1 Å². The van der Waals surface area contributed by atoms with E-state index in [1.165, 1.54) is 0 Å². The molecule has 0 bridgehead atoms. The standard InChI is InChI=1S/C15H17NO3/c1-10-6-7-16(14(10)15(17)18)9-12-8-11-4-2-3-5-13(11)19-12/h2-5,8,10,14H,6-7,9H2,1H3,(H,17,18). The van der Waals surface area contributed by atoms with Crippen LogP contribution in [0.25, 0.3) is 11.0 Å². The lowest BCUT2D eigenvalue weighted by molar-refractivity contribution is -0.143. The number of likely N-dealkylation sites (tertiary alicyclic amines) is 1. The van der Waals surface area contributed by atoms with Gasteiger partial charge in [-0.25, -0.2) is 0 Å². The molecule has 0 aliphatic carbocycles. The predicted molar refractivity (Wildman–Crippen MR) is 71.8 cm³/mol. The molecular weight excluding hydrogens is 242 g/mol. The topological polar surface area (TPSA) is 53.7 Å². The highest BCUT2D eigenvalue weighted by atomic mass is 16.4. The van der Waals surface area contributed by atoms with Crippen LogP contribution >= 0.6 is 0 Å². The summed E-state index contributed by atoms with van der Waals surface area (Å²) in [6, 6.07) is 9.45. The minimum absolute atomic E-state index is 0.196. The second-order valence-corrected chi connectivity index (χ2v) is 5.27. The lowest BCUT2D eigenvalue weighted by Crippen LogP contribution is -2.38. The summed E-state index contributed by atoms with van der Waals surface area (Å²) < 4.78 is 5.76. The number of benzene rings is 1. The Hall–Kier alpha value is -1.81. The van der Waals surface area contributed by atoms with Gasteiger partial charge in [0.15, 0.2) is 0 Å². The second-order valence-electron chi connectivity index (χ2n) is 5.27. The van der Waals surface area contributed by atoms with E-state index in [9.17, 15) is 9.90 Å². The highest BCUT2D eigenvalue weighted by Gasteiger charge is 2.36. The predicted octanol–water partition coefficient (Wildman–Crippen LogP) is 2.73. The first kappa shape index (κ1) is 12.2. The normalized spacial score (nSPS) is 24.1. The summed E-state index contributed by atoms with van der Waals surface area (Å²) in [4.78, 5) is 13.3. The molecule has 0 saturated carbocycles. The fraction of sp³-hybridized carbons (Fsp3) is 0.400. The van der Waals surface area contributed by atoms with Crippen LogP contribution in [0.2, 0.25) is 0 Å². The smallest absolute Gasteiger partial charge is 0.321 e. The van der Waals surface area contributed by atoms with Gasteiger partial charge in [-0.2, -0.15) is 0 Å². The number of hydrogen-bond donors (Lipinski definition) is 1. The maximum absolute atomic E-state index is 11.3. The van der Waals surface area contributed by atoms with Crippen molar-refractivity contribution in [1.29, 1.82) is 0 Å². The van der Waals surface area contributed by atoms with E-state index in [2.05, 4.69) is 0 Å². The number of rotatable bonds is 3. The van der Waals surface area contributed by atoms with Crippen molar-refractivity contribution < 1.29 is 14.3 Å². The van der Waals surface area contributed by atoms with Crippen LogP contribution in [0, 0.1) is 5.92 Å². The molecule has 0 amide bonds. The van der Waals surface area contributed by atoms with Crippen molar-refractivity contribution in [3.63, 3.8) is 0 Å². The average Bonchev–Trinajstić information content (AvgIpc) is 2.92. The molecule has 1 aromatic heterocycles. The van der Waals surface area contributed by atoms with Crippen LogP contribution < -0.4 is 0 Å². The van der Waals surface area contributed by atoms with E-state index in [-0.39, 0.29) is 5.92 Å². The van der Waals surface area contributed by atoms with Gasteiger partial charge in [-0.1, -0.05) is 25.1 Å². The van der Waals surface area contributed by atoms with Gasteiger partial charge < -0.3 is 9.52 Å². The molecule has 1 aromatic carbocycles. The second kappa shape index (κ2) is 4.70. The summed E-state index contributed by atoms with van der Waals surface area (Å²) >= 11 is 0. The fourth-order valence-corrected chi connectivity index (χ4v) is 2.92. The number of fused-ring (bicyclic) bond motifs is 1. The molecule has 3 rings (SSSR count). The molecule has 19 heavy (non-hydrogen) atoms. The number of carboxylic acids is 1. The van der Waals surface area contributed by atoms with Gasteiger partial charge >= 0.3 is 5.97 Å². The van der Waals surface area contributed by atoms with E-state index in [0.29, 0.717) is 6.54 Å². The maximum atomic E-state index is 11.3. The van der Waals surface area contributed by atoms with Crippen molar-refractivity contribution in [2.24, 2.45) is 5.92 Å². The minimum atomic E-state index is -0.735. The van der Waals surface area contributed by atoms with Gasteiger partial charge in [-0.15, -0.1) is 0 Å². The summed E-state index contributed by atoms with van der Waals surface area (Å²) in [5.74, 6) is 0.296. The van der Waals surface area contributed by atoms with Crippen molar-refractivity contribution in [3.8, 4) is 0 Å². The van der Waals surface area contributed by atoms with E-state index in [4.69, 9.17) is 4.42 Å². The van der Waals surface area contributed by atoms with E-state index in [1.807, 2.05) is 42.2 Å². The van der Waals surface area contributed by atoms with Crippen LogP contribution in [-0.2, 0) is 11.3 Å². The molecule has 4 nitrogen and oxygen atoms in total. The molecule has 1 N–H and O–H groups in total. The number of carbonyl (C=O) groups is 1. The Bertz CT molecular complexity index is 571. The third-order valence-corrected chi connectivity index (χ3v) is 3.89. The van der Waals surface area contributed by atoms with Gasteiger partial charge in [0.25, 0.3) is 0 Å². The first-order valence-electron chi connectivity index (χ1n) is 6.59. The average molecular weight is 259 g/mol. The van der Waals surface area contributed by atoms with Gasteiger partial charge in [0, 0.05) is 5.39 Å². The number of carboxylic acid groups (broad SMARTS) is 1. The molecular formula is C15H17NO3. The van der Waals surface area contributed by atoms with Crippen molar-refractivity contribution in [2.75, 3.05) is 6.54 Å². The third-order valence-electron chi connectivity index (χ3n) is 3.89. The molecule has 2 atom stereocenters. The van der Waals surface area contributed by atoms with Crippen molar-refractivity contribution in [1.82, 2.24) is 4.90 Å². The molecule has 4 heteroatoms. The highest BCUT2D eigenvalue weighted by molar-refractivity contribution is 5.77. The SMILES string of the molecule is CC1CCN(Cc2cc3ccccc3o2)C1C(=O)O. The molecule has 1 aliphatic rings. The molecule has 0 radical (unpaired) electrons. The van der Waals surface area contributed by atoms with Crippen LogP contribution in [0.15, 0.2) is 34.7 Å².